The van der Waals surface area contributed by atoms with Gasteiger partial charge in [-0.15, -0.1) is 0 Å². The molecule has 6 aliphatic carbocycles. The van der Waals surface area contributed by atoms with Gasteiger partial charge in [0.1, 0.15) is 64.3 Å². The molecular formula is C72H84N4O12. The van der Waals surface area contributed by atoms with Gasteiger partial charge in [-0.05, 0) is 201 Å². The third-order valence-electron chi connectivity index (χ3n) is 23.7. The lowest BCUT2D eigenvalue weighted by atomic mass is 9.61. The topological polar surface area (TPSA) is 269 Å². The fraction of sp³-hybridized carbons (Fsp3) is 0.528. The molecule has 3 aromatic carbocycles. The monoisotopic (exact) mass is 1200 g/mol. The minimum absolute atomic E-state index is 0.0150. The van der Waals surface area contributed by atoms with Gasteiger partial charge in [0.25, 0.3) is 0 Å². The van der Waals surface area contributed by atoms with Gasteiger partial charge in [-0.25, -0.2) is 4.79 Å². The summed E-state index contributed by atoms with van der Waals surface area (Å²) in [5.41, 5.74) is 13.5. The molecule has 1 unspecified atom stereocenters. The summed E-state index contributed by atoms with van der Waals surface area (Å²) in [6, 6.07) is 12.8. The average Bonchev–Trinajstić information content (AvgIpc) is 1.32. The molecule has 6 heterocycles. The van der Waals surface area contributed by atoms with Gasteiger partial charge in [-0.2, -0.15) is 0 Å². The minimum Gasteiger partial charge on any atom is -0.508 e. The van der Waals surface area contributed by atoms with Crippen molar-refractivity contribution in [3.63, 3.8) is 0 Å². The van der Waals surface area contributed by atoms with Crippen molar-refractivity contribution in [3.8, 4) is 17.2 Å². The average molecular weight is 1200 g/mol. The minimum atomic E-state index is -1.62. The number of benzene rings is 3. The molecule has 88 heavy (non-hydrogen) atoms. The van der Waals surface area contributed by atoms with Crippen molar-refractivity contribution in [1.82, 2.24) is 16.0 Å². The van der Waals surface area contributed by atoms with E-state index >= 15 is 4.79 Å². The normalized spacial score (nSPS) is 35.0. The zero-order valence-electron chi connectivity index (χ0n) is 50.6. The summed E-state index contributed by atoms with van der Waals surface area (Å²) in [7, 11) is 0. The number of phenols is 2. The summed E-state index contributed by atoms with van der Waals surface area (Å²) in [5.74, 6) is -3.82. The first-order valence-electron chi connectivity index (χ1n) is 32.7. The van der Waals surface area contributed by atoms with Crippen LogP contribution in [0.25, 0.3) is 11.0 Å². The number of nitrogens with two attached hydrogens (primary N) is 1. The summed E-state index contributed by atoms with van der Waals surface area (Å²) < 4.78 is 21.8. The first kappa shape index (κ1) is 57.8. The highest BCUT2D eigenvalue weighted by molar-refractivity contribution is 5.93. The number of hydrogen-bond acceptors (Lipinski definition) is 16. The molecule has 3 fully saturated rings. The molecular weight excluding hydrogens is 1110 g/mol. The molecule has 464 valence electrons. The number of aliphatic hydroxyl groups excluding tert-OH is 3. The molecule has 5 aliphatic heterocycles. The Kier molecular flexibility index (Phi) is 14.1. The van der Waals surface area contributed by atoms with Crippen molar-refractivity contribution in [3.05, 3.63) is 167 Å². The van der Waals surface area contributed by atoms with E-state index in [0.29, 0.717) is 81.3 Å². The van der Waals surface area contributed by atoms with Crippen molar-refractivity contribution < 1.29 is 54.4 Å². The number of allylic oxidation sites excluding steroid dienone is 5. The van der Waals surface area contributed by atoms with E-state index in [0.717, 1.165) is 76.7 Å². The molecule has 6 bridgehead atoms. The largest absolute Gasteiger partial charge is 0.508 e. The number of aromatic hydroxyl groups is 2. The van der Waals surface area contributed by atoms with Crippen LogP contribution in [0.15, 0.2) is 121 Å². The Bertz CT molecular complexity index is 3830. The second kappa shape index (κ2) is 21.5. The van der Waals surface area contributed by atoms with Gasteiger partial charge >= 0.3 is 5.97 Å². The molecule has 11 aliphatic rings. The van der Waals surface area contributed by atoms with Crippen LogP contribution < -0.4 is 31.8 Å². The number of carbonyl (C=O) groups is 1. The first-order valence-corrected chi connectivity index (χ1v) is 32.7. The summed E-state index contributed by atoms with van der Waals surface area (Å²) in [6.45, 7) is 5.20. The Labute approximate surface area is 513 Å². The van der Waals surface area contributed by atoms with Crippen LogP contribution in [-0.4, -0.2) is 90.0 Å². The number of aliphatic hydroxyl groups is 5. The highest BCUT2D eigenvalue weighted by atomic mass is 16.6. The number of fused-ring (bicyclic) bond motifs is 13. The Hall–Kier alpha value is -6.66. The molecule has 16 nitrogen and oxygen atoms in total. The van der Waals surface area contributed by atoms with Crippen molar-refractivity contribution in [2.45, 2.75) is 195 Å². The lowest BCUT2D eigenvalue weighted by Crippen LogP contribution is -2.59. The number of nitrogens with one attached hydrogen (secondary N) is 3. The number of rotatable bonds is 7. The van der Waals surface area contributed by atoms with E-state index in [4.69, 9.17) is 19.6 Å². The van der Waals surface area contributed by atoms with Crippen molar-refractivity contribution in [2.24, 2.45) is 35.3 Å². The Morgan fingerprint density at radius 3 is 2.56 bits per heavy atom. The Morgan fingerprint density at radius 1 is 0.955 bits per heavy atom. The molecule has 12 N–H and O–H groups in total. The molecule has 1 aromatic heterocycles. The smallest absolute Gasteiger partial charge is 0.337 e. The van der Waals surface area contributed by atoms with E-state index < -0.39 is 77.1 Å². The molecule has 15 atom stereocenters. The molecule has 4 aromatic rings. The maximum Gasteiger partial charge on any atom is 0.337 e. The van der Waals surface area contributed by atoms with Crippen LogP contribution in [0.3, 0.4) is 0 Å². The number of hydrogen-bond donors (Lipinski definition) is 11. The molecule has 0 radical (unpaired) electrons. The molecule has 0 amide bonds. The van der Waals surface area contributed by atoms with Crippen LogP contribution in [0, 0.1) is 29.6 Å². The van der Waals surface area contributed by atoms with E-state index in [1.54, 1.807) is 25.1 Å². The maximum atomic E-state index is 16.1. The number of dihydropyridines is 2. The molecule has 3 saturated carbocycles. The van der Waals surface area contributed by atoms with Gasteiger partial charge in [0.05, 0.1) is 29.5 Å². The first-order chi connectivity index (χ1) is 42.4. The van der Waals surface area contributed by atoms with E-state index in [2.05, 4.69) is 53.4 Å². The third kappa shape index (κ3) is 8.94. The standard InChI is InChI=1S/C72H84N4O12/c1-4-54(72(85)31-38-25-41(72)24-37-23-39(30-71(84)20-6-5-7-21-71)63(81)50-10-8-9-45(38)58(37)50)69(83)87-57-29-52-64(82)61-56(80)28-43(33-77)86-66(61)62-59-49-19-22-74-67(73)60(49)47(16-13-36-12-14-42(79)27-51(36)53(59)34-78)46-18-17-44-40(26-55(46)70(57,3)88-65(52)62)32-75-68-48(44)15-11-35(2)76-68/h4,8-12,14-15,19,27-28,32,35,37-39,41,46-47,53,55,57,59,63,68,74-79,81-82,84-85H,5-7,13,16-18,20-26,29-31,33-34,73H2,1-3H3/b54-4+/t35-,37+,38+,39-,41-,46-,47+,53-,55-,57+,59+,63+,68?,70-,72+/m0/s1. The lowest BCUT2D eigenvalue weighted by molar-refractivity contribution is -0.171. The van der Waals surface area contributed by atoms with Gasteiger partial charge in [0.15, 0.2) is 5.43 Å². The van der Waals surface area contributed by atoms with Crippen LogP contribution >= 0.6 is 0 Å². The highest BCUT2D eigenvalue weighted by Crippen LogP contribution is 2.64. The highest BCUT2D eigenvalue weighted by Gasteiger charge is 2.60. The van der Waals surface area contributed by atoms with Gasteiger partial charge in [0.2, 0.25) is 0 Å². The number of aryl methyl sites for hydroxylation is 1. The van der Waals surface area contributed by atoms with Crippen molar-refractivity contribution >= 4 is 16.9 Å². The SMILES string of the molecule is C/C=C(\C(=O)O[C@@H]1Cc2c3c(c4oc(CO)cc(=O)c4c2O)[C@@H]2C4=CCNC(N)=C4[C@H](CCc4ccc(O)cc4[C@@H]2CO)[C@@H]2CCC4=C5C=C[C@H](C)NC5NC=C4C[C@@H]2[C@]1(C)O3)[C@@]1(O)C[C@H]2C[C@@H]1C[C@H]1C[C@@H](CC3(O)CCCCC3)[C@@H](O)c3cccc2c31. The van der Waals surface area contributed by atoms with Crippen molar-refractivity contribution in [1.29, 1.82) is 0 Å². The van der Waals surface area contributed by atoms with Gasteiger partial charge < -0.3 is 66.0 Å². The summed E-state index contributed by atoms with van der Waals surface area (Å²) >= 11 is 0. The summed E-state index contributed by atoms with van der Waals surface area (Å²) in [6.07, 6.45) is 18.3. The number of carbonyl (C=O) groups excluding carboxylic acids is 1. The number of phenolic OH excluding ortho intramolecular Hbond substituents is 2. The molecule has 0 spiro atoms. The third-order valence-corrected chi connectivity index (χ3v) is 23.7. The quantitative estimate of drug-likeness (QED) is 0.0609. The Balaban J connectivity index is 0.901. The van der Waals surface area contributed by atoms with Gasteiger partial charge in [-0.1, -0.05) is 67.8 Å². The summed E-state index contributed by atoms with van der Waals surface area (Å²) in [4.78, 5) is 30.8. The predicted octanol–water partition coefficient (Wildman–Crippen LogP) is 9.01. The van der Waals surface area contributed by atoms with Crippen LogP contribution in [0.4, 0.5) is 0 Å². The Morgan fingerprint density at radius 2 is 1.76 bits per heavy atom. The number of ether oxygens (including phenoxy) is 2. The van der Waals surface area contributed by atoms with E-state index in [-0.39, 0.29) is 99.9 Å². The molecule has 15 rings (SSSR count). The van der Waals surface area contributed by atoms with E-state index in [1.807, 2.05) is 25.1 Å². The number of esters is 1. The molecule has 16 heteroatoms. The van der Waals surface area contributed by atoms with Gasteiger partial charge in [-0.3, -0.25) is 10.1 Å². The second-order valence-corrected chi connectivity index (χ2v) is 28.3. The van der Waals surface area contributed by atoms with Crippen LogP contribution in [0.5, 0.6) is 17.2 Å². The van der Waals surface area contributed by atoms with Crippen LogP contribution in [0.2, 0.25) is 0 Å². The summed E-state index contributed by atoms with van der Waals surface area (Å²) in [5, 5.41) is 95.6. The fourth-order valence-corrected chi connectivity index (χ4v) is 19.7. The van der Waals surface area contributed by atoms with Gasteiger partial charge in [0, 0.05) is 60.2 Å². The van der Waals surface area contributed by atoms with Crippen LogP contribution in [0.1, 0.15) is 185 Å². The van der Waals surface area contributed by atoms with Crippen molar-refractivity contribution in [2.75, 3.05) is 13.2 Å². The predicted molar refractivity (Wildman–Crippen MR) is 331 cm³/mol. The lowest BCUT2D eigenvalue weighted by Gasteiger charge is -2.52. The second-order valence-electron chi connectivity index (χ2n) is 28.3. The fourth-order valence-electron chi connectivity index (χ4n) is 19.7. The van der Waals surface area contributed by atoms with E-state index in [1.165, 1.54) is 11.6 Å². The van der Waals surface area contributed by atoms with Crippen LogP contribution in [-0.2, 0) is 29.0 Å². The maximum absolute atomic E-state index is 16.1. The molecule has 0 saturated heterocycles. The zero-order valence-corrected chi connectivity index (χ0v) is 50.6. The van der Waals surface area contributed by atoms with E-state index in [9.17, 15) is 40.5 Å². The zero-order chi connectivity index (χ0) is 60.9.